The molecule has 0 aliphatic heterocycles. The van der Waals surface area contributed by atoms with Crippen molar-refractivity contribution in [3.8, 4) is 0 Å². The summed E-state index contributed by atoms with van der Waals surface area (Å²) in [5, 5.41) is 2.95. The summed E-state index contributed by atoms with van der Waals surface area (Å²) in [6, 6.07) is 0. The van der Waals surface area contributed by atoms with E-state index in [-0.39, 0.29) is 0 Å². The zero-order valence-electron chi connectivity index (χ0n) is 5.59. The van der Waals surface area contributed by atoms with E-state index >= 15 is 0 Å². The monoisotopic (exact) mass is 121 g/mol. The third-order valence-corrected chi connectivity index (χ3v) is 1.26. The standard InChI is InChI=1S/C8H11N/c1-9-7-6-8-4-2-3-5-8/h2-4,6-7,9H,5H2,1H3/q-2. The van der Waals surface area contributed by atoms with Crippen molar-refractivity contribution < 1.29 is 0 Å². The first-order chi connectivity index (χ1) is 4.43. The van der Waals surface area contributed by atoms with Crippen molar-refractivity contribution in [2.24, 2.45) is 0 Å². The minimum Gasteiger partial charge on any atom is -0.444 e. The van der Waals surface area contributed by atoms with E-state index in [2.05, 4.69) is 30.0 Å². The number of hydrogen-bond donors (Lipinski definition) is 1. The highest BCUT2D eigenvalue weighted by Gasteiger charge is 1.83. The predicted octanol–water partition coefficient (Wildman–Crippen LogP) is 1.46. The molecular weight excluding hydrogens is 110 g/mol. The Kier molecular flexibility index (Phi) is 2.13. The number of rotatable bonds is 2. The summed E-state index contributed by atoms with van der Waals surface area (Å²) in [7, 11) is 1.90. The summed E-state index contributed by atoms with van der Waals surface area (Å²) in [6.07, 6.45) is 11.5. The van der Waals surface area contributed by atoms with Crippen LogP contribution in [-0.4, -0.2) is 7.05 Å². The molecule has 1 N–H and O–H groups in total. The number of nitrogens with one attached hydrogen (secondary N) is 1. The van der Waals surface area contributed by atoms with Gasteiger partial charge in [0.15, 0.2) is 0 Å². The van der Waals surface area contributed by atoms with Crippen LogP contribution in [0.2, 0.25) is 0 Å². The lowest BCUT2D eigenvalue weighted by Gasteiger charge is -2.14. The molecule has 0 fully saturated rings. The zero-order chi connectivity index (χ0) is 6.53. The fourth-order valence-electron chi connectivity index (χ4n) is 0.778. The largest absolute Gasteiger partial charge is 0.444 e. The Hall–Kier alpha value is -0.980. The van der Waals surface area contributed by atoms with Crippen molar-refractivity contribution in [2.75, 3.05) is 7.05 Å². The van der Waals surface area contributed by atoms with Crippen LogP contribution in [0.25, 0.3) is 0 Å². The van der Waals surface area contributed by atoms with Crippen molar-refractivity contribution in [3.05, 3.63) is 36.8 Å². The van der Waals surface area contributed by atoms with E-state index in [0.717, 1.165) is 6.42 Å². The van der Waals surface area contributed by atoms with Gasteiger partial charge in [-0.2, -0.15) is 6.08 Å². The molecule has 0 aromatic heterocycles. The molecule has 0 atom stereocenters. The smallest absolute Gasteiger partial charge is 0.00893 e. The fourth-order valence-corrected chi connectivity index (χ4v) is 0.778. The molecule has 1 aliphatic rings. The lowest BCUT2D eigenvalue weighted by atomic mass is 10.1. The summed E-state index contributed by atoms with van der Waals surface area (Å²) in [4.78, 5) is 0. The number of allylic oxidation sites excluding steroid dienone is 3. The van der Waals surface area contributed by atoms with Crippen LogP contribution < -0.4 is 5.32 Å². The minimum atomic E-state index is 1.08. The van der Waals surface area contributed by atoms with Crippen LogP contribution in [-0.2, 0) is 0 Å². The SMILES string of the molecule is CNC=C[C-]1C=C[CH-]C1. The Morgan fingerprint density at radius 2 is 2.67 bits per heavy atom. The predicted molar refractivity (Wildman–Crippen MR) is 39.5 cm³/mol. The molecule has 0 radical (unpaired) electrons. The van der Waals surface area contributed by atoms with Crippen LogP contribution in [0.15, 0.2) is 24.4 Å². The van der Waals surface area contributed by atoms with Gasteiger partial charge in [-0.3, -0.25) is 6.42 Å². The van der Waals surface area contributed by atoms with Crippen LogP contribution in [0.4, 0.5) is 0 Å². The van der Waals surface area contributed by atoms with Crippen molar-refractivity contribution in [1.29, 1.82) is 0 Å². The van der Waals surface area contributed by atoms with Gasteiger partial charge in [0.1, 0.15) is 0 Å². The van der Waals surface area contributed by atoms with Gasteiger partial charge in [0.2, 0.25) is 0 Å². The van der Waals surface area contributed by atoms with Crippen LogP contribution in [0.3, 0.4) is 0 Å². The average Bonchev–Trinajstić information content (AvgIpc) is 2.34. The molecule has 50 valence electrons. The van der Waals surface area contributed by atoms with E-state index in [1.807, 2.05) is 13.2 Å². The lowest BCUT2D eigenvalue weighted by molar-refractivity contribution is 1.07. The molecule has 1 heteroatoms. The second kappa shape index (κ2) is 3.13. The summed E-state index contributed by atoms with van der Waals surface area (Å²) in [5.74, 6) is 1.37. The van der Waals surface area contributed by atoms with E-state index in [1.54, 1.807) is 0 Å². The molecule has 0 bridgehead atoms. The summed E-state index contributed by atoms with van der Waals surface area (Å²) in [6.45, 7) is 0. The summed E-state index contributed by atoms with van der Waals surface area (Å²) >= 11 is 0. The first-order valence-electron chi connectivity index (χ1n) is 3.13. The first-order valence-corrected chi connectivity index (χ1v) is 3.13. The van der Waals surface area contributed by atoms with E-state index in [9.17, 15) is 0 Å². The Morgan fingerprint density at radius 1 is 1.78 bits per heavy atom. The van der Waals surface area contributed by atoms with Gasteiger partial charge < -0.3 is 17.5 Å². The highest BCUT2D eigenvalue weighted by atomic mass is 14.8. The van der Waals surface area contributed by atoms with E-state index in [0.29, 0.717) is 0 Å². The van der Waals surface area contributed by atoms with Crippen LogP contribution in [0.1, 0.15) is 6.42 Å². The van der Waals surface area contributed by atoms with Gasteiger partial charge in [0.05, 0.1) is 0 Å². The van der Waals surface area contributed by atoms with E-state index in [4.69, 9.17) is 0 Å². The zero-order valence-corrected chi connectivity index (χ0v) is 5.59. The first kappa shape index (κ1) is 6.14. The topological polar surface area (TPSA) is 12.0 Å². The quantitative estimate of drug-likeness (QED) is 0.545. The van der Waals surface area contributed by atoms with Crippen LogP contribution in [0, 0.1) is 12.3 Å². The maximum absolute atomic E-state index is 2.95. The van der Waals surface area contributed by atoms with Gasteiger partial charge in [-0.05, 0) is 7.05 Å². The van der Waals surface area contributed by atoms with Gasteiger partial charge >= 0.3 is 0 Å². The third-order valence-electron chi connectivity index (χ3n) is 1.26. The minimum absolute atomic E-state index is 1.08. The molecule has 0 amide bonds. The molecule has 0 saturated carbocycles. The maximum atomic E-state index is 2.95. The van der Waals surface area contributed by atoms with Gasteiger partial charge in [-0.15, -0.1) is 12.6 Å². The molecule has 0 spiro atoms. The second-order valence-electron chi connectivity index (χ2n) is 2.00. The van der Waals surface area contributed by atoms with Crippen molar-refractivity contribution >= 4 is 0 Å². The summed E-state index contributed by atoms with van der Waals surface area (Å²) < 4.78 is 0. The molecule has 0 aromatic carbocycles. The molecule has 0 heterocycles. The second-order valence-corrected chi connectivity index (χ2v) is 2.00. The van der Waals surface area contributed by atoms with Crippen molar-refractivity contribution in [1.82, 2.24) is 5.32 Å². The highest BCUT2D eigenvalue weighted by Crippen LogP contribution is 2.18. The molecule has 1 rings (SSSR count). The summed E-state index contributed by atoms with van der Waals surface area (Å²) in [5.41, 5.74) is 0. The van der Waals surface area contributed by atoms with Crippen molar-refractivity contribution in [3.63, 3.8) is 0 Å². The van der Waals surface area contributed by atoms with Gasteiger partial charge in [0.25, 0.3) is 0 Å². The highest BCUT2D eigenvalue weighted by molar-refractivity contribution is 5.31. The molecule has 9 heavy (non-hydrogen) atoms. The Labute approximate surface area is 56.5 Å². The third kappa shape index (κ3) is 1.76. The van der Waals surface area contributed by atoms with Crippen LogP contribution >= 0.6 is 0 Å². The van der Waals surface area contributed by atoms with Gasteiger partial charge in [0, 0.05) is 0 Å². The molecule has 0 unspecified atom stereocenters. The molecule has 1 aliphatic carbocycles. The Balaban J connectivity index is 2.27. The fraction of sp³-hybridized carbons (Fsp3) is 0.250. The van der Waals surface area contributed by atoms with Gasteiger partial charge in [-0.1, -0.05) is 0 Å². The maximum Gasteiger partial charge on any atom is -0.00893 e. The Bertz CT molecular complexity index is 125. The van der Waals surface area contributed by atoms with Gasteiger partial charge in [-0.25, -0.2) is 5.92 Å². The van der Waals surface area contributed by atoms with E-state index < -0.39 is 0 Å². The lowest BCUT2D eigenvalue weighted by Crippen LogP contribution is -1.93. The van der Waals surface area contributed by atoms with Crippen LogP contribution in [0.5, 0.6) is 0 Å². The normalized spacial score (nSPS) is 16.8. The molecule has 0 saturated heterocycles. The Morgan fingerprint density at radius 3 is 3.22 bits per heavy atom. The molecular formula is C8H11N-2. The number of hydrogen-bond acceptors (Lipinski definition) is 1. The molecule has 1 nitrogen and oxygen atoms in total. The van der Waals surface area contributed by atoms with Crippen molar-refractivity contribution in [2.45, 2.75) is 6.42 Å². The van der Waals surface area contributed by atoms with E-state index in [1.165, 1.54) is 5.92 Å². The average molecular weight is 121 g/mol. The molecule has 0 aromatic rings.